The van der Waals surface area contributed by atoms with Gasteiger partial charge in [-0.25, -0.2) is 0 Å². The van der Waals surface area contributed by atoms with Gasteiger partial charge in [-0.2, -0.15) is 0 Å². The molecule has 0 saturated carbocycles. The van der Waals surface area contributed by atoms with Gasteiger partial charge in [0, 0.05) is 91.3 Å². The molecule has 23 rings (SSSR count). The van der Waals surface area contributed by atoms with Gasteiger partial charge in [0.15, 0.2) is 0 Å². The van der Waals surface area contributed by atoms with Crippen molar-refractivity contribution in [3.8, 4) is 112 Å². The SMILES string of the molecule is CC(C)(C)c1cc2c3c(c1)N(c1c(-c4ccccc4)cc(-c4ccccc4)cc1-c1ccccc1)c1ccccc1B3c1cc3c(cc1O2)N(c1c(-c2ccccc2)cc(-c2ccccc2)cc1-c1ccccc1)c1cc(N2C4CCCC2CCC4)cc2c1B3c1ccccc1N2c1c(-c2ccccc2)cc(-c2ccccc2)cc1-c1ccccc1. The standard InChI is InChI=1S/C114H88B2N4O/c1-114(2,3)87-69-104-110-108(70-87)121-107-74-103-99(73-100(107)116(110)98-60-32-34-62-102(98)118(104)111-91(78-43-19-7-20-44-78)63-84(75-37-13-4-14-38-75)64-92(111)79-45-21-8-22-46-79)115-97-59-31-33-61-101(97)119(112-93(80-47-23-9-24-48-80)65-85(76-39-15-5-16-40-76)66-94(112)81-49-25-10-26-50-81)105-71-90(117-88-55-35-56-89(117)58-36-57-88)72-106(109(105)115)120(103)113-95(82-51-27-11-28-52-82)67-86(77-41-17-6-18-42-77)68-96(113)83-53-29-12-30-54-83/h4-34,37-54,59-74,88-89H,35-36,55-58H2,1-3H3. The van der Waals surface area contributed by atoms with Crippen molar-refractivity contribution in [3.05, 3.63) is 400 Å². The zero-order valence-corrected chi connectivity index (χ0v) is 68.3. The summed E-state index contributed by atoms with van der Waals surface area (Å²) >= 11 is 0. The second-order valence-corrected chi connectivity index (χ2v) is 34.7. The molecule has 0 spiro atoms. The minimum atomic E-state index is -0.295. The zero-order chi connectivity index (χ0) is 80.4. The smallest absolute Gasteiger partial charge is 0.256 e. The molecule has 6 heterocycles. The van der Waals surface area contributed by atoms with E-state index in [9.17, 15) is 0 Å². The first-order chi connectivity index (χ1) is 59.7. The van der Waals surface area contributed by atoms with E-state index < -0.39 is 0 Å². The first-order valence-electron chi connectivity index (χ1n) is 43.3. The Morgan fingerprint density at radius 1 is 0.248 bits per heavy atom. The second kappa shape index (κ2) is 29.4. The van der Waals surface area contributed by atoms with Crippen LogP contribution in [0.4, 0.5) is 56.9 Å². The molecule has 2 bridgehead atoms. The van der Waals surface area contributed by atoms with Crippen LogP contribution in [0.25, 0.3) is 100 Å². The van der Waals surface area contributed by atoms with Crippen LogP contribution in [-0.2, 0) is 5.41 Å². The number of hydrogen-bond acceptors (Lipinski definition) is 5. The van der Waals surface area contributed by atoms with Crippen molar-refractivity contribution in [2.24, 2.45) is 0 Å². The molecular formula is C114H88B2N4O. The van der Waals surface area contributed by atoms with Gasteiger partial charge >= 0.3 is 0 Å². The molecule has 5 nitrogen and oxygen atoms in total. The fourth-order valence-electron chi connectivity index (χ4n) is 21.2. The third-order valence-electron chi connectivity index (χ3n) is 26.7. The topological polar surface area (TPSA) is 22.2 Å². The fraction of sp³-hybridized carbons (Fsp3) is 0.105. The van der Waals surface area contributed by atoms with Crippen molar-refractivity contribution < 1.29 is 4.74 Å². The lowest BCUT2D eigenvalue weighted by molar-refractivity contribution is 0.296. The number of para-hydroxylation sites is 2. The van der Waals surface area contributed by atoms with Crippen molar-refractivity contribution in [2.75, 3.05) is 19.6 Å². The van der Waals surface area contributed by atoms with Crippen LogP contribution in [-0.4, -0.2) is 25.5 Å². The van der Waals surface area contributed by atoms with Crippen LogP contribution in [0.5, 0.6) is 11.5 Å². The monoisotopic (exact) mass is 1550 g/mol. The van der Waals surface area contributed by atoms with E-state index in [-0.39, 0.29) is 18.8 Å². The molecule has 17 aromatic carbocycles. The summed E-state index contributed by atoms with van der Waals surface area (Å²) in [6.07, 6.45) is 7.11. The Kier molecular flexibility index (Phi) is 17.5. The zero-order valence-electron chi connectivity index (χ0n) is 68.3. The van der Waals surface area contributed by atoms with E-state index in [1.54, 1.807) is 0 Å². The van der Waals surface area contributed by atoms with Gasteiger partial charge in [-0.05, 0) is 222 Å². The Hall–Kier alpha value is -14.1. The summed E-state index contributed by atoms with van der Waals surface area (Å²) in [5.74, 6) is 1.72. The number of fused-ring (bicyclic) bond motifs is 10. The van der Waals surface area contributed by atoms with Crippen molar-refractivity contribution >= 4 is 103 Å². The Labute approximate surface area is 710 Å². The molecule has 0 amide bonds. The van der Waals surface area contributed by atoms with Gasteiger partial charge in [-0.1, -0.05) is 336 Å². The molecule has 0 N–H and O–H groups in total. The Morgan fingerprint density at radius 2 is 0.545 bits per heavy atom. The average Bonchev–Trinajstić information content (AvgIpc) is 0.680. The molecule has 0 radical (unpaired) electrons. The summed E-state index contributed by atoms with van der Waals surface area (Å²) in [4.78, 5) is 11.1. The summed E-state index contributed by atoms with van der Waals surface area (Å²) in [7, 11) is 0. The summed E-state index contributed by atoms with van der Waals surface area (Å²) in [6.45, 7) is 6.50. The van der Waals surface area contributed by atoms with Crippen LogP contribution < -0.4 is 57.1 Å². The van der Waals surface area contributed by atoms with E-state index in [4.69, 9.17) is 4.74 Å². The molecule has 0 unspecified atom stereocenters. The molecule has 17 aromatic rings. The van der Waals surface area contributed by atoms with Gasteiger partial charge in [0.05, 0.1) is 17.1 Å². The van der Waals surface area contributed by atoms with E-state index in [0.717, 1.165) is 188 Å². The normalized spacial score (nSPS) is 15.2. The highest BCUT2D eigenvalue weighted by atomic mass is 16.5. The molecule has 2 saturated heterocycles. The Morgan fingerprint density at radius 3 is 0.884 bits per heavy atom. The van der Waals surface area contributed by atoms with Gasteiger partial charge < -0.3 is 24.3 Å². The molecule has 6 aliphatic heterocycles. The number of ether oxygens (including phenoxy) is 1. The predicted molar refractivity (Wildman–Crippen MR) is 512 cm³/mol. The van der Waals surface area contributed by atoms with E-state index in [0.29, 0.717) is 12.1 Å². The summed E-state index contributed by atoms with van der Waals surface area (Å²) < 4.78 is 8.21. The number of rotatable bonds is 13. The van der Waals surface area contributed by atoms with Gasteiger partial charge in [0.2, 0.25) is 0 Å². The van der Waals surface area contributed by atoms with Gasteiger partial charge in [-0.15, -0.1) is 0 Å². The van der Waals surface area contributed by atoms with Crippen LogP contribution in [0.15, 0.2) is 394 Å². The number of anilines is 10. The molecule has 0 atom stereocenters. The average molecular weight is 1550 g/mol. The third kappa shape index (κ3) is 12.2. The molecule has 7 heteroatoms. The van der Waals surface area contributed by atoms with E-state index in [1.807, 2.05) is 0 Å². The van der Waals surface area contributed by atoms with E-state index >= 15 is 0 Å². The Balaban J connectivity index is 0.853. The number of hydrogen-bond donors (Lipinski definition) is 0. The quantitative estimate of drug-likeness (QED) is 0.107. The lowest BCUT2D eigenvalue weighted by atomic mass is 9.30. The van der Waals surface area contributed by atoms with Crippen molar-refractivity contribution in [1.82, 2.24) is 0 Å². The number of nitrogens with zero attached hydrogens (tertiary/aromatic N) is 4. The molecule has 6 aliphatic rings. The van der Waals surface area contributed by atoms with E-state index in [2.05, 4.69) is 435 Å². The molecule has 576 valence electrons. The molecule has 121 heavy (non-hydrogen) atoms. The largest absolute Gasteiger partial charge is 0.458 e. The molecular weight excluding hydrogens is 1460 g/mol. The highest BCUT2D eigenvalue weighted by molar-refractivity contribution is 7.02. The maximum atomic E-state index is 8.21. The molecule has 2 fully saturated rings. The third-order valence-corrected chi connectivity index (χ3v) is 26.7. The van der Waals surface area contributed by atoms with Gasteiger partial charge in [0.25, 0.3) is 13.4 Å². The first kappa shape index (κ1) is 72.1. The second-order valence-electron chi connectivity index (χ2n) is 34.7. The first-order valence-corrected chi connectivity index (χ1v) is 43.3. The van der Waals surface area contributed by atoms with Crippen molar-refractivity contribution in [2.45, 2.75) is 76.8 Å². The van der Waals surface area contributed by atoms with Crippen LogP contribution >= 0.6 is 0 Å². The van der Waals surface area contributed by atoms with Gasteiger partial charge in [0.1, 0.15) is 11.5 Å². The number of piperidine rings is 2. The maximum Gasteiger partial charge on any atom is 0.256 e. The van der Waals surface area contributed by atoms with Crippen LogP contribution in [0.3, 0.4) is 0 Å². The van der Waals surface area contributed by atoms with E-state index in [1.165, 1.54) is 57.2 Å². The predicted octanol–water partition coefficient (Wildman–Crippen LogP) is 26.4. The summed E-state index contributed by atoms with van der Waals surface area (Å²) in [6, 6.07) is 150. The highest BCUT2D eigenvalue weighted by Crippen LogP contribution is 2.58. The summed E-state index contributed by atoms with van der Waals surface area (Å²) in [5, 5.41) is 0. The maximum absolute atomic E-state index is 8.21. The Bertz CT molecular complexity index is 6660. The highest BCUT2D eigenvalue weighted by Gasteiger charge is 2.50. The van der Waals surface area contributed by atoms with Crippen LogP contribution in [0.2, 0.25) is 0 Å². The van der Waals surface area contributed by atoms with Crippen LogP contribution in [0, 0.1) is 0 Å². The van der Waals surface area contributed by atoms with Gasteiger partial charge in [-0.3, -0.25) is 0 Å². The van der Waals surface area contributed by atoms with Crippen molar-refractivity contribution in [3.63, 3.8) is 0 Å². The lowest BCUT2D eigenvalue weighted by Gasteiger charge is -2.50. The minimum absolute atomic E-state index is 0.273. The summed E-state index contributed by atoms with van der Waals surface area (Å²) in [5.41, 5.74) is 40.2. The van der Waals surface area contributed by atoms with Crippen LogP contribution in [0.1, 0.15) is 64.9 Å². The number of benzene rings is 17. The van der Waals surface area contributed by atoms with Crippen molar-refractivity contribution in [1.29, 1.82) is 0 Å². The molecule has 0 aliphatic carbocycles. The minimum Gasteiger partial charge on any atom is -0.458 e. The lowest BCUT2D eigenvalue weighted by Crippen LogP contribution is -2.64. The molecule has 0 aromatic heterocycles. The fourth-order valence-corrected chi connectivity index (χ4v) is 21.2.